The number of nitrogens with one attached hydrogen (secondary N) is 3. The molecule has 1 saturated heterocycles. The second kappa shape index (κ2) is 7.62. The summed E-state index contributed by atoms with van der Waals surface area (Å²) in [4.78, 5) is 34.3. The highest BCUT2D eigenvalue weighted by Gasteiger charge is 2.44. The Morgan fingerprint density at radius 2 is 2.24 bits per heavy atom. The number of nitrogens with zero attached hydrogens (tertiary/aromatic N) is 4. The van der Waals surface area contributed by atoms with Crippen LogP contribution in [0.3, 0.4) is 0 Å². The third-order valence-electron chi connectivity index (χ3n) is 4.10. The van der Waals surface area contributed by atoms with Gasteiger partial charge in [0.05, 0.1) is 12.7 Å². The van der Waals surface area contributed by atoms with Crippen molar-refractivity contribution in [1.29, 1.82) is 0 Å². The number of H-pyrrole nitrogens is 1. The molecule has 0 saturated carbocycles. The van der Waals surface area contributed by atoms with E-state index in [1.165, 1.54) is 10.3 Å². The first-order valence-electron chi connectivity index (χ1n) is 8.08. The maximum atomic E-state index is 12.3. The third-order valence-corrected chi connectivity index (χ3v) is 4.10. The minimum Gasteiger partial charge on any atom is -0.394 e. The molecule has 29 heavy (non-hydrogen) atoms. The molecule has 158 valence electrons. The Kier molecular flexibility index (Phi) is 5.37. The molecule has 0 aromatic carbocycles. The van der Waals surface area contributed by atoms with Gasteiger partial charge in [-0.3, -0.25) is 14.6 Å². The first-order valence-corrected chi connectivity index (χ1v) is 8.08. The Morgan fingerprint density at radius 3 is 2.86 bits per heavy atom. The summed E-state index contributed by atoms with van der Waals surface area (Å²) in [7, 11) is 0. The van der Waals surface area contributed by atoms with Crippen molar-refractivity contribution in [3.8, 4) is 6.19 Å². The number of carbonyl (C=O) groups excluding carboxylic acids is 1. The van der Waals surface area contributed by atoms with Crippen LogP contribution in [0.5, 0.6) is 0 Å². The van der Waals surface area contributed by atoms with Gasteiger partial charge in [0, 0.05) is 6.42 Å². The van der Waals surface area contributed by atoms with Gasteiger partial charge in [-0.05, 0) is 4.95 Å². The fourth-order valence-electron chi connectivity index (χ4n) is 2.81. The zero-order valence-electron chi connectivity index (χ0n) is 14.5. The van der Waals surface area contributed by atoms with E-state index < -0.39 is 42.7 Å². The number of carbonyl (C=O) groups is 1. The Morgan fingerprint density at radius 1 is 1.52 bits per heavy atom. The van der Waals surface area contributed by atoms with Gasteiger partial charge in [0.1, 0.15) is 19.0 Å². The summed E-state index contributed by atoms with van der Waals surface area (Å²) in [6.45, 7) is -0.589. The maximum absolute atomic E-state index is 12.3. The number of hydrogen-bond donors (Lipinski definition) is 6. The van der Waals surface area contributed by atoms with E-state index >= 15 is 0 Å². The van der Waals surface area contributed by atoms with E-state index in [1.807, 2.05) is 6.19 Å². The quantitative estimate of drug-likeness (QED) is 0.178. The third kappa shape index (κ3) is 4.11. The van der Waals surface area contributed by atoms with E-state index in [1.54, 1.807) is 5.43 Å². The molecular weight excluding hydrogens is 405 g/mol. The lowest BCUT2D eigenvalue weighted by Crippen LogP contribution is -2.43. The Labute approximate surface area is 159 Å². The van der Waals surface area contributed by atoms with E-state index in [-0.39, 0.29) is 30.5 Å². The molecule has 0 unspecified atom stereocenters. The molecule has 7 N–H and O–H groups in total. The average molecular weight is 421 g/mol. The number of aliphatic hydroxyl groups is 2. The number of hydrazine groups is 1. The summed E-state index contributed by atoms with van der Waals surface area (Å²) in [6, 6.07) is 0. The first kappa shape index (κ1) is 20.4. The van der Waals surface area contributed by atoms with E-state index in [0.717, 1.165) is 5.01 Å². The van der Waals surface area contributed by atoms with Crippen molar-refractivity contribution < 1.29 is 32.9 Å². The molecule has 1 amide bonds. The number of alkyl halides is 3. The van der Waals surface area contributed by atoms with Crippen molar-refractivity contribution in [1.82, 2.24) is 20.8 Å². The van der Waals surface area contributed by atoms with Crippen molar-refractivity contribution >= 4 is 23.4 Å². The van der Waals surface area contributed by atoms with Crippen LogP contribution < -0.4 is 32.1 Å². The van der Waals surface area contributed by atoms with Gasteiger partial charge in [-0.2, -0.15) is 23.6 Å². The molecule has 0 bridgehead atoms. The number of nitrogen functional groups attached to an aromatic ring is 1. The van der Waals surface area contributed by atoms with Crippen molar-refractivity contribution in [2.24, 2.45) is 0 Å². The molecule has 1 aromatic heterocycles. The normalized spacial score (nSPS) is 23.4. The SMILES string of the molecule is Nc1nc2c(c(=O)[nH]1)N([N+]#CNNC(=O)C(F)(F)F)CN2[C@H]1C[C@H](O)[C@@H](CO)O1. The Balaban J connectivity index is 1.81. The number of nitrogens with two attached hydrogens (primary N) is 1. The Bertz CT molecular complexity index is 912. The molecule has 16 heteroatoms. The van der Waals surface area contributed by atoms with Crippen LogP contribution in [0.4, 0.5) is 30.6 Å². The maximum Gasteiger partial charge on any atom is 0.474 e. The van der Waals surface area contributed by atoms with Crippen LogP contribution in [-0.2, 0) is 9.53 Å². The van der Waals surface area contributed by atoms with Crippen LogP contribution in [0, 0.1) is 6.19 Å². The van der Waals surface area contributed by atoms with Crippen LogP contribution in [0.2, 0.25) is 0 Å². The number of anilines is 3. The van der Waals surface area contributed by atoms with Gasteiger partial charge in [0.25, 0.3) is 5.56 Å². The molecule has 2 aliphatic rings. The lowest BCUT2D eigenvalue weighted by atomic mass is 10.2. The zero-order valence-corrected chi connectivity index (χ0v) is 14.5. The summed E-state index contributed by atoms with van der Waals surface area (Å²) < 4.78 is 41.9. The van der Waals surface area contributed by atoms with Gasteiger partial charge in [-0.15, -0.1) is 5.43 Å². The fraction of sp³-hybridized carbons (Fsp3) is 0.538. The van der Waals surface area contributed by atoms with Gasteiger partial charge >= 0.3 is 18.3 Å². The van der Waals surface area contributed by atoms with Gasteiger partial charge in [-0.1, -0.05) is 5.01 Å². The molecule has 1 fully saturated rings. The van der Waals surface area contributed by atoms with E-state index in [4.69, 9.17) is 10.5 Å². The summed E-state index contributed by atoms with van der Waals surface area (Å²) in [5.74, 6) is -2.42. The molecule has 3 rings (SSSR count). The van der Waals surface area contributed by atoms with Gasteiger partial charge in [0.2, 0.25) is 11.6 Å². The van der Waals surface area contributed by atoms with Crippen molar-refractivity contribution in [3.05, 3.63) is 15.3 Å². The molecule has 0 aliphatic carbocycles. The van der Waals surface area contributed by atoms with E-state index in [2.05, 4.69) is 14.9 Å². The largest absolute Gasteiger partial charge is 0.474 e. The standard InChI is InChI=1S/C13H15F3N8O5/c14-13(15,16)11(28)22-18-3-19-24-4-23(7-1-5(26)6(2-25)29-7)9-8(24)10(27)21-12(17)20-9/h5-7,25-26H,1-2,4H2,(H4,17,20,21,22,27,28)/p+1/t5-,6+,7+/m0/s1. The van der Waals surface area contributed by atoms with Crippen LogP contribution in [0.25, 0.3) is 4.95 Å². The second-order valence-electron chi connectivity index (χ2n) is 6.04. The topological polar surface area (TPSA) is 173 Å². The van der Waals surface area contributed by atoms with Crippen molar-refractivity contribution in [2.45, 2.75) is 31.0 Å². The number of fused-ring (bicyclic) bond motifs is 1. The van der Waals surface area contributed by atoms with Crippen LogP contribution in [0.15, 0.2) is 4.79 Å². The van der Waals surface area contributed by atoms with E-state index in [9.17, 15) is 33.0 Å². The smallest absolute Gasteiger partial charge is 0.394 e. The number of aromatic amines is 1. The zero-order chi connectivity index (χ0) is 21.3. The summed E-state index contributed by atoms with van der Waals surface area (Å²) >= 11 is 0. The highest BCUT2D eigenvalue weighted by Crippen LogP contribution is 2.36. The molecule has 0 spiro atoms. The number of aliphatic hydroxyl groups excluding tert-OH is 2. The van der Waals surface area contributed by atoms with Gasteiger partial charge in [0.15, 0.2) is 5.82 Å². The molecule has 1 aromatic rings. The lowest BCUT2D eigenvalue weighted by Gasteiger charge is -2.23. The summed E-state index contributed by atoms with van der Waals surface area (Å²) in [5.41, 5.74) is 7.80. The number of halogens is 3. The highest BCUT2D eigenvalue weighted by atomic mass is 19.4. The fourth-order valence-corrected chi connectivity index (χ4v) is 2.81. The van der Waals surface area contributed by atoms with Gasteiger partial charge in [-0.25, -0.2) is 0 Å². The second-order valence-corrected chi connectivity index (χ2v) is 6.04. The number of ether oxygens (including phenoxy) is 1. The molecule has 2 aliphatic heterocycles. The van der Waals surface area contributed by atoms with Crippen LogP contribution in [-0.4, -0.2) is 64.0 Å². The van der Waals surface area contributed by atoms with Crippen molar-refractivity contribution in [2.75, 3.05) is 28.9 Å². The number of hydrogen-bond acceptors (Lipinski definition) is 10. The number of rotatable bonds is 3. The highest BCUT2D eigenvalue weighted by molar-refractivity contribution is 5.81. The summed E-state index contributed by atoms with van der Waals surface area (Å²) in [5, 5.41) is 20.2. The molecule has 13 nitrogen and oxygen atoms in total. The molecule has 3 atom stereocenters. The number of aromatic nitrogens is 2. The first-order chi connectivity index (χ1) is 13.6. The predicted octanol–water partition coefficient (Wildman–Crippen LogP) is -2.21. The van der Waals surface area contributed by atoms with Crippen molar-refractivity contribution in [3.63, 3.8) is 0 Å². The molecule has 0 radical (unpaired) electrons. The summed E-state index contributed by atoms with van der Waals surface area (Å²) in [6.07, 6.45) is -5.65. The number of amides is 1. The van der Waals surface area contributed by atoms with E-state index in [0.29, 0.717) is 0 Å². The predicted molar refractivity (Wildman–Crippen MR) is 90.0 cm³/mol. The van der Waals surface area contributed by atoms with Crippen LogP contribution in [0.1, 0.15) is 6.42 Å². The van der Waals surface area contributed by atoms with Gasteiger partial charge < -0.3 is 25.6 Å². The van der Waals surface area contributed by atoms with Crippen LogP contribution >= 0.6 is 0 Å². The lowest BCUT2D eigenvalue weighted by molar-refractivity contribution is -0.174. The minimum atomic E-state index is -5.10. The molecular formula is C13H16F3N8O5+. The minimum absolute atomic E-state index is 0.0481. The Hall–Kier alpha value is -3.29. The average Bonchev–Trinajstić information content (AvgIpc) is 3.17. The molecule has 3 heterocycles. The monoisotopic (exact) mass is 421 g/mol.